The van der Waals surface area contributed by atoms with Crippen LogP contribution in [0, 0.1) is 6.92 Å². The van der Waals surface area contributed by atoms with Crippen molar-refractivity contribution in [3.05, 3.63) is 72.7 Å². The minimum absolute atomic E-state index is 0.0848. The predicted octanol–water partition coefficient (Wildman–Crippen LogP) is 3.27. The number of aromatic amines is 1. The van der Waals surface area contributed by atoms with Crippen molar-refractivity contribution in [3.8, 4) is 5.69 Å². The first-order valence-electron chi connectivity index (χ1n) is 8.50. The maximum atomic E-state index is 12.5. The van der Waals surface area contributed by atoms with E-state index in [0.29, 0.717) is 0 Å². The topological polar surface area (TPSA) is 74.6 Å². The molecule has 4 aromatic rings. The van der Waals surface area contributed by atoms with Gasteiger partial charge in [-0.3, -0.25) is 9.78 Å². The summed E-state index contributed by atoms with van der Waals surface area (Å²) < 4.78 is 1.85. The Morgan fingerprint density at radius 3 is 2.78 bits per heavy atom. The normalized spacial score (nSPS) is 10.9. The number of rotatable bonds is 5. The average molecular weight is 376 g/mol. The first kappa shape index (κ1) is 17.2. The summed E-state index contributed by atoms with van der Waals surface area (Å²) in [6.45, 7) is 1.92. The number of fused-ring (bicyclic) bond motifs is 1. The summed E-state index contributed by atoms with van der Waals surface area (Å²) in [7, 11) is 0. The van der Waals surface area contributed by atoms with E-state index in [4.69, 9.17) is 0 Å². The number of H-pyrrole nitrogens is 1. The van der Waals surface area contributed by atoms with E-state index >= 15 is 0 Å². The number of hydrogen-bond acceptors (Lipinski definition) is 4. The summed E-state index contributed by atoms with van der Waals surface area (Å²) in [5, 5.41) is 7.73. The van der Waals surface area contributed by atoms with Gasteiger partial charge in [0.15, 0.2) is 5.69 Å². The molecular formula is C20H18N5OS+. The summed E-state index contributed by atoms with van der Waals surface area (Å²) in [5.74, 6) is 0.172. The SMILES string of the molecule is Cc1cc(NC(=O)CSc2nc[nH][n+]2-c2ccccc2)c2ccccc2n1. The van der Waals surface area contributed by atoms with Crippen molar-refractivity contribution < 1.29 is 9.48 Å². The van der Waals surface area contributed by atoms with Gasteiger partial charge in [0.05, 0.1) is 17.0 Å². The molecule has 2 aromatic carbocycles. The Balaban J connectivity index is 1.48. The van der Waals surface area contributed by atoms with Crippen LogP contribution in [0.1, 0.15) is 5.69 Å². The van der Waals surface area contributed by atoms with Gasteiger partial charge in [-0.25, -0.2) is 0 Å². The van der Waals surface area contributed by atoms with E-state index in [1.807, 2.05) is 72.3 Å². The molecule has 0 fully saturated rings. The molecule has 7 heteroatoms. The number of benzene rings is 2. The van der Waals surface area contributed by atoms with E-state index in [1.165, 1.54) is 11.8 Å². The Kier molecular flexibility index (Phi) is 4.84. The monoisotopic (exact) mass is 376 g/mol. The molecule has 0 spiro atoms. The van der Waals surface area contributed by atoms with Gasteiger partial charge >= 0.3 is 5.16 Å². The molecule has 0 saturated heterocycles. The van der Waals surface area contributed by atoms with Crippen LogP contribution in [0.2, 0.25) is 0 Å². The standard InChI is InChI=1S/C20H17N5OS/c1-14-11-18(16-9-5-6-10-17(16)23-14)24-19(26)12-27-20-21-13-22-25(20)15-7-3-2-4-8-15/h2-11,13H,12H2,1H3,(H,23,24,26)/p+1. The van der Waals surface area contributed by atoms with Crippen LogP contribution in [-0.4, -0.2) is 26.7 Å². The molecule has 2 heterocycles. The van der Waals surface area contributed by atoms with Crippen molar-refractivity contribution in [1.82, 2.24) is 15.1 Å². The highest BCUT2D eigenvalue weighted by molar-refractivity contribution is 7.99. The fourth-order valence-electron chi connectivity index (χ4n) is 2.85. The number of amides is 1. The van der Waals surface area contributed by atoms with Crippen molar-refractivity contribution in [2.24, 2.45) is 0 Å². The number of thioether (sulfide) groups is 1. The minimum atomic E-state index is -0.0848. The minimum Gasteiger partial charge on any atom is -0.325 e. The largest absolute Gasteiger partial charge is 0.385 e. The predicted molar refractivity (Wildman–Crippen MR) is 106 cm³/mol. The molecule has 0 atom stereocenters. The molecule has 0 aliphatic heterocycles. The number of carbonyl (C=O) groups is 1. The van der Waals surface area contributed by atoms with Gasteiger partial charge in [-0.1, -0.05) is 36.4 Å². The summed E-state index contributed by atoms with van der Waals surface area (Å²) in [4.78, 5) is 21.3. The van der Waals surface area contributed by atoms with E-state index in [1.54, 1.807) is 6.33 Å². The highest BCUT2D eigenvalue weighted by atomic mass is 32.2. The highest BCUT2D eigenvalue weighted by Gasteiger charge is 2.18. The van der Waals surface area contributed by atoms with Crippen LogP contribution >= 0.6 is 11.8 Å². The van der Waals surface area contributed by atoms with Gasteiger partial charge in [0.25, 0.3) is 0 Å². The zero-order chi connectivity index (χ0) is 18.6. The Hall–Kier alpha value is -3.19. The van der Waals surface area contributed by atoms with E-state index in [9.17, 15) is 4.79 Å². The first-order valence-corrected chi connectivity index (χ1v) is 9.49. The molecule has 27 heavy (non-hydrogen) atoms. The average Bonchev–Trinajstić information content (AvgIpc) is 3.15. The zero-order valence-electron chi connectivity index (χ0n) is 14.7. The number of hydrogen-bond donors (Lipinski definition) is 2. The summed E-state index contributed by atoms with van der Waals surface area (Å²) in [6.07, 6.45) is 1.62. The number of para-hydroxylation sites is 2. The smallest absolute Gasteiger partial charge is 0.325 e. The molecule has 2 N–H and O–H groups in total. The Bertz CT molecular complexity index is 1090. The lowest BCUT2D eigenvalue weighted by Crippen LogP contribution is -2.35. The van der Waals surface area contributed by atoms with Crippen LogP contribution in [0.25, 0.3) is 16.6 Å². The molecule has 0 aliphatic carbocycles. The number of nitrogens with zero attached hydrogens (tertiary/aromatic N) is 3. The molecule has 0 radical (unpaired) electrons. The van der Waals surface area contributed by atoms with Gasteiger partial charge < -0.3 is 5.32 Å². The van der Waals surface area contributed by atoms with Gasteiger partial charge in [0.1, 0.15) is 0 Å². The quantitative estimate of drug-likeness (QED) is 0.414. The third kappa shape index (κ3) is 3.83. The number of pyridine rings is 1. The maximum absolute atomic E-state index is 12.5. The van der Waals surface area contributed by atoms with Gasteiger partial charge in [-0.2, -0.15) is 5.10 Å². The number of aromatic nitrogens is 4. The van der Waals surface area contributed by atoms with E-state index in [0.717, 1.165) is 33.1 Å². The van der Waals surface area contributed by atoms with Crippen molar-refractivity contribution in [3.63, 3.8) is 0 Å². The molecule has 1 amide bonds. The summed E-state index contributed by atoms with van der Waals surface area (Å²) in [6, 6.07) is 19.5. The van der Waals surface area contributed by atoms with Crippen molar-refractivity contribution in [2.75, 3.05) is 11.1 Å². The Morgan fingerprint density at radius 2 is 1.93 bits per heavy atom. The molecule has 0 bridgehead atoms. The zero-order valence-corrected chi connectivity index (χ0v) is 15.5. The molecule has 0 unspecified atom stereocenters. The second-order valence-corrected chi connectivity index (χ2v) is 6.95. The lowest BCUT2D eigenvalue weighted by molar-refractivity contribution is -0.694. The second-order valence-electron chi connectivity index (χ2n) is 6.01. The van der Waals surface area contributed by atoms with Crippen LogP contribution < -0.4 is 10.00 Å². The van der Waals surface area contributed by atoms with E-state index < -0.39 is 0 Å². The number of anilines is 1. The summed E-state index contributed by atoms with van der Waals surface area (Å²) >= 11 is 1.38. The Labute approximate surface area is 160 Å². The molecule has 6 nitrogen and oxygen atoms in total. The molecule has 2 aromatic heterocycles. The van der Waals surface area contributed by atoms with E-state index in [-0.39, 0.29) is 11.7 Å². The van der Waals surface area contributed by atoms with Crippen LogP contribution in [0.5, 0.6) is 0 Å². The fraction of sp³-hybridized carbons (Fsp3) is 0.100. The van der Waals surface area contributed by atoms with Gasteiger partial charge in [0.2, 0.25) is 12.2 Å². The number of aryl methyl sites for hydroxylation is 1. The van der Waals surface area contributed by atoms with Crippen molar-refractivity contribution in [1.29, 1.82) is 0 Å². The van der Waals surface area contributed by atoms with Gasteiger partial charge in [-0.15, -0.1) is 4.68 Å². The van der Waals surface area contributed by atoms with Crippen molar-refractivity contribution in [2.45, 2.75) is 12.1 Å². The lowest BCUT2D eigenvalue weighted by Gasteiger charge is -2.09. The van der Waals surface area contributed by atoms with Crippen molar-refractivity contribution >= 4 is 34.3 Å². The molecule has 0 aliphatic rings. The summed E-state index contributed by atoms with van der Waals surface area (Å²) in [5.41, 5.74) is 3.48. The van der Waals surface area contributed by atoms with Gasteiger partial charge in [-0.05, 0) is 47.9 Å². The highest BCUT2D eigenvalue weighted by Crippen LogP contribution is 2.23. The second kappa shape index (κ2) is 7.59. The Morgan fingerprint density at radius 1 is 1.15 bits per heavy atom. The lowest BCUT2D eigenvalue weighted by atomic mass is 10.1. The molecular weight excluding hydrogens is 358 g/mol. The molecule has 0 saturated carbocycles. The van der Waals surface area contributed by atoms with Crippen LogP contribution in [-0.2, 0) is 4.79 Å². The number of carbonyl (C=O) groups excluding carboxylic acids is 1. The van der Waals surface area contributed by atoms with Crippen LogP contribution in [0.15, 0.2) is 72.1 Å². The third-order valence-electron chi connectivity index (χ3n) is 4.02. The van der Waals surface area contributed by atoms with E-state index in [2.05, 4.69) is 20.4 Å². The van der Waals surface area contributed by atoms with Crippen LogP contribution in [0.4, 0.5) is 5.69 Å². The van der Waals surface area contributed by atoms with Crippen LogP contribution in [0.3, 0.4) is 0 Å². The first-order chi connectivity index (χ1) is 13.2. The maximum Gasteiger partial charge on any atom is 0.385 e. The molecule has 134 valence electrons. The molecule has 4 rings (SSSR count). The third-order valence-corrected chi connectivity index (χ3v) is 4.97. The number of nitrogens with one attached hydrogen (secondary N) is 2. The van der Waals surface area contributed by atoms with Gasteiger partial charge in [0, 0.05) is 11.1 Å². The fourth-order valence-corrected chi connectivity index (χ4v) is 3.59.